The van der Waals surface area contributed by atoms with Crippen molar-refractivity contribution < 1.29 is 19.1 Å². The minimum Gasteiger partial charge on any atom is -0.462 e. The Bertz CT molecular complexity index is 691. The van der Waals surface area contributed by atoms with Crippen LogP contribution in [0.2, 0.25) is 0 Å². The van der Waals surface area contributed by atoms with Crippen LogP contribution in [0.15, 0.2) is 24.3 Å². The lowest BCUT2D eigenvalue weighted by molar-refractivity contribution is -0.130. The van der Waals surface area contributed by atoms with Crippen molar-refractivity contribution in [1.29, 1.82) is 0 Å². The van der Waals surface area contributed by atoms with Crippen molar-refractivity contribution in [1.82, 2.24) is 5.32 Å². The van der Waals surface area contributed by atoms with Crippen molar-refractivity contribution in [3.05, 3.63) is 29.8 Å². The minimum absolute atomic E-state index is 0.00229. The second-order valence-electron chi connectivity index (χ2n) is 8.43. The Labute approximate surface area is 173 Å². The summed E-state index contributed by atoms with van der Waals surface area (Å²) in [4.78, 5) is 37.3. The van der Waals surface area contributed by atoms with Crippen LogP contribution in [0.3, 0.4) is 0 Å². The van der Waals surface area contributed by atoms with Crippen molar-refractivity contribution in [3.63, 3.8) is 0 Å². The molecular weight excluding hydrogens is 368 g/mol. The molecule has 0 spiro atoms. The molecule has 1 saturated carbocycles. The zero-order valence-electron chi connectivity index (χ0n) is 18.0. The minimum atomic E-state index is -0.577. The summed E-state index contributed by atoms with van der Waals surface area (Å²) < 4.78 is 4.97. The highest BCUT2D eigenvalue weighted by Gasteiger charge is 2.28. The average Bonchev–Trinajstić information content (AvgIpc) is 2.68. The first-order chi connectivity index (χ1) is 13.8. The predicted octanol–water partition coefficient (Wildman–Crippen LogP) is 4.16. The Hall–Kier alpha value is -2.37. The van der Waals surface area contributed by atoms with E-state index in [0.29, 0.717) is 30.2 Å². The van der Waals surface area contributed by atoms with Gasteiger partial charge in [0.2, 0.25) is 11.8 Å². The number of ether oxygens (including phenoxy) is 1. The van der Waals surface area contributed by atoms with Gasteiger partial charge in [0.05, 0.1) is 12.2 Å². The Morgan fingerprint density at radius 2 is 1.69 bits per heavy atom. The highest BCUT2D eigenvalue weighted by atomic mass is 16.5. The number of anilines is 1. The number of carbonyl (C=O) groups is 3. The van der Waals surface area contributed by atoms with E-state index >= 15 is 0 Å². The maximum Gasteiger partial charge on any atom is 0.338 e. The highest BCUT2D eigenvalue weighted by Crippen LogP contribution is 2.28. The smallest absolute Gasteiger partial charge is 0.338 e. The third kappa shape index (κ3) is 7.18. The number of hydrogen-bond donors (Lipinski definition) is 2. The van der Waals surface area contributed by atoms with Crippen molar-refractivity contribution in [3.8, 4) is 0 Å². The number of carbonyl (C=O) groups excluding carboxylic acids is 3. The van der Waals surface area contributed by atoms with Crippen LogP contribution in [-0.2, 0) is 14.3 Å². The second-order valence-corrected chi connectivity index (χ2v) is 8.43. The molecule has 2 rings (SSSR count). The van der Waals surface area contributed by atoms with Gasteiger partial charge in [0, 0.05) is 11.6 Å². The Morgan fingerprint density at radius 1 is 1.07 bits per heavy atom. The van der Waals surface area contributed by atoms with Crippen LogP contribution in [0.1, 0.15) is 70.2 Å². The fourth-order valence-corrected chi connectivity index (χ4v) is 3.65. The summed E-state index contributed by atoms with van der Waals surface area (Å²) in [7, 11) is 0. The molecule has 0 radical (unpaired) electrons. The summed E-state index contributed by atoms with van der Waals surface area (Å²) in [5.74, 6) is 0.292. The predicted molar refractivity (Wildman–Crippen MR) is 114 cm³/mol. The molecule has 29 heavy (non-hydrogen) atoms. The van der Waals surface area contributed by atoms with E-state index in [0.717, 1.165) is 25.7 Å². The number of benzene rings is 1. The van der Waals surface area contributed by atoms with Crippen LogP contribution < -0.4 is 10.6 Å². The molecule has 1 atom stereocenters. The molecule has 1 aliphatic carbocycles. The molecule has 0 heterocycles. The highest BCUT2D eigenvalue weighted by molar-refractivity contribution is 5.98. The van der Waals surface area contributed by atoms with Gasteiger partial charge < -0.3 is 15.4 Å². The first-order valence-corrected chi connectivity index (χ1v) is 10.7. The number of hydrogen-bond acceptors (Lipinski definition) is 4. The number of nitrogens with one attached hydrogen (secondary N) is 2. The first kappa shape index (κ1) is 22.9. The van der Waals surface area contributed by atoms with E-state index in [-0.39, 0.29) is 23.7 Å². The lowest BCUT2D eigenvalue weighted by atomic mass is 9.82. The quantitative estimate of drug-likeness (QED) is 0.640. The Balaban J connectivity index is 1.99. The molecule has 0 aromatic heterocycles. The third-order valence-corrected chi connectivity index (χ3v) is 5.39. The maximum atomic E-state index is 12.8. The second kappa shape index (κ2) is 11.0. The zero-order valence-corrected chi connectivity index (χ0v) is 18.0. The number of rotatable bonds is 8. The lowest BCUT2D eigenvalue weighted by Crippen LogP contribution is -2.47. The first-order valence-electron chi connectivity index (χ1n) is 10.7. The van der Waals surface area contributed by atoms with Gasteiger partial charge in [0.15, 0.2) is 0 Å². The van der Waals surface area contributed by atoms with Gasteiger partial charge in [0.25, 0.3) is 0 Å². The monoisotopic (exact) mass is 402 g/mol. The average molecular weight is 403 g/mol. The maximum absolute atomic E-state index is 12.8. The zero-order chi connectivity index (χ0) is 21.4. The summed E-state index contributed by atoms with van der Waals surface area (Å²) in [5, 5.41) is 5.83. The summed E-state index contributed by atoms with van der Waals surface area (Å²) in [5.41, 5.74) is 1.01. The molecule has 0 bridgehead atoms. The molecule has 0 saturated heterocycles. The van der Waals surface area contributed by atoms with E-state index in [1.54, 1.807) is 31.2 Å². The molecule has 6 nitrogen and oxygen atoms in total. The molecule has 1 fully saturated rings. The van der Waals surface area contributed by atoms with E-state index in [1.807, 2.05) is 13.8 Å². The van der Waals surface area contributed by atoms with Crippen LogP contribution >= 0.6 is 0 Å². The SMILES string of the molecule is CCOC(=O)c1ccc(NC(=O)C(CC(C)C)NC(=O)C2CCC(C)CC2)cc1. The van der Waals surface area contributed by atoms with Gasteiger partial charge in [-0.15, -0.1) is 0 Å². The van der Waals surface area contributed by atoms with Gasteiger partial charge in [-0.25, -0.2) is 4.79 Å². The van der Waals surface area contributed by atoms with Gasteiger partial charge in [0.1, 0.15) is 6.04 Å². The van der Waals surface area contributed by atoms with Crippen LogP contribution in [0.25, 0.3) is 0 Å². The van der Waals surface area contributed by atoms with Crippen LogP contribution in [0.5, 0.6) is 0 Å². The fourth-order valence-electron chi connectivity index (χ4n) is 3.65. The Morgan fingerprint density at radius 3 is 2.24 bits per heavy atom. The molecule has 1 aromatic rings. The van der Waals surface area contributed by atoms with E-state index in [4.69, 9.17) is 4.74 Å². The molecule has 6 heteroatoms. The molecular formula is C23H34N2O4. The fraction of sp³-hybridized carbons (Fsp3) is 0.609. The van der Waals surface area contributed by atoms with Crippen LogP contribution in [0, 0.1) is 17.8 Å². The molecule has 1 aromatic carbocycles. The van der Waals surface area contributed by atoms with Crippen molar-refractivity contribution >= 4 is 23.5 Å². The van der Waals surface area contributed by atoms with Crippen molar-refractivity contribution in [2.24, 2.45) is 17.8 Å². The molecule has 2 amide bonds. The van der Waals surface area contributed by atoms with E-state index in [9.17, 15) is 14.4 Å². The lowest BCUT2D eigenvalue weighted by Gasteiger charge is -2.28. The Kier molecular flexibility index (Phi) is 8.68. The molecule has 160 valence electrons. The topological polar surface area (TPSA) is 84.5 Å². The van der Waals surface area contributed by atoms with Gasteiger partial charge in [-0.2, -0.15) is 0 Å². The van der Waals surface area contributed by atoms with Gasteiger partial charge in [-0.05, 0) is 75.1 Å². The number of amides is 2. The van der Waals surface area contributed by atoms with Gasteiger partial charge in [-0.3, -0.25) is 9.59 Å². The van der Waals surface area contributed by atoms with Crippen LogP contribution in [-0.4, -0.2) is 30.4 Å². The third-order valence-electron chi connectivity index (χ3n) is 5.39. The largest absolute Gasteiger partial charge is 0.462 e. The number of esters is 1. The normalized spacial score (nSPS) is 20.0. The summed E-state index contributed by atoms with van der Waals surface area (Å²) in [6, 6.07) is 5.99. The molecule has 1 aliphatic rings. The summed E-state index contributed by atoms with van der Waals surface area (Å²) >= 11 is 0. The van der Waals surface area contributed by atoms with Crippen molar-refractivity contribution in [2.45, 2.75) is 65.8 Å². The van der Waals surface area contributed by atoms with E-state index in [2.05, 4.69) is 17.6 Å². The van der Waals surface area contributed by atoms with Gasteiger partial charge >= 0.3 is 5.97 Å². The van der Waals surface area contributed by atoms with Crippen LogP contribution in [0.4, 0.5) is 5.69 Å². The van der Waals surface area contributed by atoms with Gasteiger partial charge in [-0.1, -0.05) is 20.8 Å². The summed E-state index contributed by atoms with van der Waals surface area (Å²) in [6.45, 7) is 8.35. The standard InChI is InChI=1S/C23H34N2O4/c1-5-29-23(28)18-10-12-19(13-11-18)24-22(27)20(14-15(2)3)25-21(26)17-8-6-16(4)7-9-17/h10-13,15-17,20H,5-9,14H2,1-4H3,(H,24,27)(H,25,26). The van der Waals surface area contributed by atoms with E-state index in [1.165, 1.54) is 0 Å². The molecule has 0 aliphatic heterocycles. The summed E-state index contributed by atoms with van der Waals surface area (Å²) in [6.07, 6.45) is 4.47. The molecule has 1 unspecified atom stereocenters. The molecule has 2 N–H and O–H groups in total. The van der Waals surface area contributed by atoms with Crippen molar-refractivity contribution in [2.75, 3.05) is 11.9 Å². The van der Waals surface area contributed by atoms with E-state index < -0.39 is 12.0 Å².